The Morgan fingerprint density at radius 3 is 2.52 bits per heavy atom. The Hall–Kier alpha value is -2.53. The van der Waals surface area contributed by atoms with Crippen LogP contribution in [0.25, 0.3) is 0 Å². The van der Waals surface area contributed by atoms with Crippen molar-refractivity contribution < 1.29 is 19.8 Å². The third-order valence-electron chi connectivity index (χ3n) is 2.77. The molecule has 0 aromatic heterocycles. The minimum absolute atomic E-state index is 0.0552. The van der Waals surface area contributed by atoms with Crippen LogP contribution in [0.3, 0.4) is 0 Å². The maximum absolute atomic E-state index is 11.9. The topological polar surface area (TPSA) is 86.6 Å². The molecule has 0 aliphatic rings. The fraction of sp³-hybridized carbons (Fsp3) is 0.0667. The smallest absolute Gasteiger partial charge is 0.335 e. The lowest BCUT2D eigenvalue weighted by Crippen LogP contribution is -2.14. The van der Waals surface area contributed by atoms with Crippen molar-refractivity contribution in [2.24, 2.45) is 0 Å². The number of nitrogens with one attached hydrogen (secondary N) is 1. The van der Waals surface area contributed by atoms with E-state index >= 15 is 0 Å². The number of phenols is 1. The van der Waals surface area contributed by atoms with Gasteiger partial charge < -0.3 is 15.5 Å². The Morgan fingerprint density at radius 1 is 1.14 bits per heavy atom. The van der Waals surface area contributed by atoms with Crippen molar-refractivity contribution in [3.05, 3.63) is 58.6 Å². The van der Waals surface area contributed by atoms with E-state index in [0.29, 0.717) is 5.02 Å². The van der Waals surface area contributed by atoms with Crippen molar-refractivity contribution >= 4 is 29.2 Å². The number of carboxylic acid groups (broad SMARTS) is 1. The van der Waals surface area contributed by atoms with Gasteiger partial charge in [0.25, 0.3) is 0 Å². The van der Waals surface area contributed by atoms with Crippen molar-refractivity contribution in [1.29, 1.82) is 0 Å². The van der Waals surface area contributed by atoms with E-state index in [2.05, 4.69) is 5.32 Å². The average Bonchev–Trinajstić information content (AvgIpc) is 2.40. The van der Waals surface area contributed by atoms with Crippen LogP contribution in [0.1, 0.15) is 15.9 Å². The van der Waals surface area contributed by atoms with Gasteiger partial charge in [-0.05, 0) is 35.9 Å². The number of carbonyl (C=O) groups excluding carboxylic acids is 1. The predicted molar refractivity (Wildman–Crippen MR) is 78.9 cm³/mol. The second kappa shape index (κ2) is 6.28. The molecule has 6 heteroatoms. The number of anilines is 1. The Balaban J connectivity index is 2.08. The van der Waals surface area contributed by atoms with E-state index in [1.807, 2.05) is 0 Å². The van der Waals surface area contributed by atoms with Crippen LogP contribution in [0.15, 0.2) is 42.5 Å². The highest BCUT2D eigenvalue weighted by Gasteiger charge is 2.10. The second-order valence-corrected chi connectivity index (χ2v) is 4.83. The van der Waals surface area contributed by atoms with Crippen LogP contribution in [0, 0.1) is 0 Å². The lowest BCUT2D eigenvalue weighted by Gasteiger charge is -2.08. The number of amides is 1. The van der Waals surface area contributed by atoms with Crippen molar-refractivity contribution in [2.75, 3.05) is 5.32 Å². The number of rotatable bonds is 4. The van der Waals surface area contributed by atoms with Gasteiger partial charge in [-0.25, -0.2) is 4.79 Å². The standard InChI is InChI=1S/C15H12ClNO4/c16-11-3-1-2-9(6-11)7-14(19)17-12-5-4-10(15(20)21)8-13(12)18/h1-6,8,18H,7H2,(H,17,19)(H,20,21). The molecule has 0 radical (unpaired) electrons. The van der Waals surface area contributed by atoms with E-state index in [-0.39, 0.29) is 29.3 Å². The molecule has 0 atom stereocenters. The zero-order chi connectivity index (χ0) is 15.4. The molecule has 0 spiro atoms. The Morgan fingerprint density at radius 2 is 1.90 bits per heavy atom. The highest BCUT2D eigenvalue weighted by molar-refractivity contribution is 6.30. The zero-order valence-electron chi connectivity index (χ0n) is 10.8. The summed E-state index contributed by atoms with van der Waals surface area (Å²) in [5.74, 6) is -1.79. The Labute approximate surface area is 125 Å². The van der Waals surface area contributed by atoms with Gasteiger partial charge in [0.1, 0.15) is 5.75 Å². The number of carboxylic acids is 1. The minimum Gasteiger partial charge on any atom is -0.506 e. The summed E-state index contributed by atoms with van der Waals surface area (Å²) in [6.07, 6.45) is 0.0979. The summed E-state index contributed by atoms with van der Waals surface area (Å²) >= 11 is 5.83. The molecule has 108 valence electrons. The quantitative estimate of drug-likeness (QED) is 0.758. The molecule has 2 rings (SSSR count). The second-order valence-electron chi connectivity index (χ2n) is 4.39. The van der Waals surface area contributed by atoms with Crippen LogP contribution in [-0.2, 0) is 11.2 Å². The van der Waals surface area contributed by atoms with Gasteiger partial charge in [-0.3, -0.25) is 4.79 Å². The van der Waals surface area contributed by atoms with Crippen LogP contribution in [0.4, 0.5) is 5.69 Å². The van der Waals surface area contributed by atoms with E-state index in [1.54, 1.807) is 24.3 Å². The van der Waals surface area contributed by atoms with E-state index in [9.17, 15) is 14.7 Å². The first kappa shape index (κ1) is 14.9. The molecule has 0 saturated heterocycles. The molecule has 0 bridgehead atoms. The number of halogens is 1. The molecule has 0 saturated carbocycles. The zero-order valence-corrected chi connectivity index (χ0v) is 11.6. The van der Waals surface area contributed by atoms with Gasteiger partial charge in [-0.1, -0.05) is 23.7 Å². The van der Waals surface area contributed by atoms with E-state index < -0.39 is 5.97 Å². The fourth-order valence-electron chi connectivity index (χ4n) is 1.80. The van der Waals surface area contributed by atoms with Crippen LogP contribution in [0.2, 0.25) is 5.02 Å². The van der Waals surface area contributed by atoms with Gasteiger partial charge >= 0.3 is 5.97 Å². The van der Waals surface area contributed by atoms with Crippen LogP contribution >= 0.6 is 11.6 Å². The molecule has 2 aromatic rings. The van der Waals surface area contributed by atoms with Gasteiger partial charge in [0, 0.05) is 5.02 Å². The monoisotopic (exact) mass is 305 g/mol. The summed E-state index contributed by atoms with van der Waals surface area (Å²) in [7, 11) is 0. The normalized spacial score (nSPS) is 10.1. The van der Waals surface area contributed by atoms with Gasteiger partial charge in [0.2, 0.25) is 5.91 Å². The minimum atomic E-state index is -1.15. The van der Waals surface area contributed by atoms with Gasteiger partial charge in [0.05, 0.1) is 17.7 Å². The first-order chi connectivity index (χ1) is 9.95. The summed E-state index contributed by atoms with van der Waals surface area (Å²) in [5.41, 5.74) is 0.842. The summed E-state index contributed by atoms with van der Waals surface area (Å²) in [4.78, 5) is 22.6. The first-order valence-corrected chi connectivity index (χ1v) is 6.44. The number of aromatic carboxylic acids is 1. The first-order valence-electron chi connectivity index (χ1n) is 6.06. The molecule has 0 unspecified atom stereocenters. The molecule has 3 N–H and O–H groups in total. The lowest BCUT2D eigenvalue weighted by molar-refractivity contribution is -0.115. The highest BCUT2D eigenvalue weighted by atomic mass is 35.5. The van der Waals surface area contributed by atoms with Crippen molar-refractivity contribution in [3.63, 3.8) is 0 Å². The molecule has 21 heavy (non-hydrogen) atoms. The third-order valence-corrected chi connectivity index (χ3v) is 3.01. The number of aromatic hydroxyl groups is 1. The summed E-state index contributed by atoms with van der Waals surface area (Å²) in [5, 5.41) is 21.5. The summed E-state index contributed by atoms with van der Waals surface area (Å²) < 4.78 is 0. The lowest BCUT2D eigenvalue weighted by atomic mass is 10.1. The SMILES string of the molecule is O=C(Cc1cccc(Cl)c1)Nc1ccc(C(=O)O)cc1O. The van der Waals surface area contributed by atoms with Crippen LogP contribution in [0.5, 0.6) is 5.75 Å². The van der Waals surface area contributed by atoms with Gasteiger partial charge in [-0.2, -0.15) is 0 Å². The van der Waals surface area contributed by atoms with Gasteiger partial charge in [-0.15, -0.1) is 0 Å². The summed E-state index contributed by atoms with van der Waals surface area (Å²) in [6.45, 7) is 0. The maximum Gasteiger partial charge on any atom is 0.335 e. The highest BCUT2D eigenvalue weighted by Crippen LogP contribution is 2.24. The fourth-order valence-corrected chi connectivity index (χ4v) is 2.01. The van der Waals surface area contributed by atoms with E-state index in [4.69, 9.17) is 16.7 Å². The van der Waals surface area contributed by atoms with Crippen molar-refractivity contribution in [2.45, 2.75) is 6.42 Å². The Bertz CT molecular complexity index is 700. The Kier molecular flexibility index (Phi) is 4.45. The number of carbonyl (C=O) groups is 2. The third kappa shape index (κ3) is 3.97. The number of phenolic OH excluding ortho intramolecular Hbond substituents is 1. The van der Waals surface area contributed by atoms with Crippen LogP contribution < -0.4 is 5.32 Å². The summed E-state index contributed by atoms with van der Waals surface area (Å²) in [6, 6.07) is 10.6. The van der Waals surface area contributed by atoms with E-state index in [1.165, 1.54) is 12.1 Å². The molecule has 0 aliphatic carbocycles. The number of hydrogen-bond acceptors (Lipinski definition) is 3. The average molecular weight is 306 g/mol. The number of hydrogen-bond donors (Lipinski definition) is 3. The molecule has 0 fully saturated rings. The molecule has 1 amide bonds. The van der Waals surface area contributed by atoms with Crippen molar-refractivity contribution in [3.8, 4) is 5.75 Å². The number of benzene rings is 2. The molecule has 5 nitrogen and oxygen atoms in total. The predicted octanol–water partition coefficient (Wildman–Crippen LogP) is 2.93. The largest absolute Gasteiger partial charge is 0.506 e. The van der Waals surface area contributed by atoms with Gasteiger partial charge in [0.15, 0.2) is 0 Å². The van der Waals surface area contributed by atoms with E-state index in [0.717, 1.165) is 11.6 Å². The van der Waals surface area contributed by atoms with Crippen LogP contribution in [-0.4, -0.2) is 22.1 Å². The molecular weight excluding hydrogens is 294 g/mol. The molecule has 0 aliphatic heterocycles. The molecule has 0 heterocycles. The molecular formula is C15H12ClNO4. The molecule has 2 aromatic carbocycles. The maximum atomic E-state index is 11.9. The van der Waals surface area contributed by atoms with Crippen molar-refractivity contribution in [1.82, 2.24) is 0 Å².